The van der Waals surface area contributed by atoms with E-state index < -0.39 is 42.4 Å². The molecule has 1 aromatic heterocycles. The molecule has 1 saturated carbocycles. The summed E-state index contributed by atoms with van der Waals surface area (Å²) in [5.74, 6) is -6.58. The number of ketones is 1. The molecule has 1 aromatic rings. The lowest BCUT2D eigenvalue weighted by atomic mass is 10.1. The van der Waals surface area contributed by atoms with Gasteiger partial charge < -0.3 is 15.5 Å². The first-order valence-corrected chi connectivity index (χ1v) is 7.59. The molecule has 0 aliphatic heterocycles. The van der Waals surface area contributed by atoms with Crippen molar-refractivity contribution in [2.75, 3.05) is 0 Å². The van der Waals surface area contributed by atoms with Crippen molar-refractivity contribution in [1.29, 1.82) is 0 Å². The molecule has 1 fully saturated rings. The largest absolute Gasteiger partial charge is 0.418 e. The summed E-state index contributed by atoms with van der Waals surface area (Å²) in [5.41, 5.74) is 4.54. The lowest BCUT2D eigenvalue weighted by Gasteiger charge is -2.15. The van der Waals surface area contributed by atoms with Crippen LogP contribution in [0, 0.1) is 0 Å². The van der Waals surface area contributed by atoms with Crippen molar-refractivity contribution in [3.8, 4) is 0 Å². The maximum absolute atomic E-state index is 13.1. The van der Waals surface area contributed by atoms with E-state index in [4.69, 9.17) is 4.42 Å². The Morgan fingerprint density at radius 3 is 2.58 bits per heavy atom. The lowest BCUT2D eigenvalue weighted by molar-refractivity contribution is -0.143. The molecule has 0 bridgehead atoms. The second-order valence-corrected chi connectivity index (χ2v) is 5.68. The van der Waals surface area contributed by atoms with Gasteiger partial charge in [-0.2, -0.15) is 8.78 Å². The number of nitrogens with one attached hydrogen (secondary N) is 1. The first kappa shape index (κ1) is 18.0. The van der Waals surface area contributed by atoms with Gasteiger partial charge in [0.05, 0.1) is 6.04 Å². The minimum absolute atomic E-state index is 0.185. The fourth-order valence-corrected chi connectivity index (χ4v) is 1.99. The van der Waals surface area contributed by atoms with Crippen LogP contribution in [0.3, 0.4) is 0 Å². The molecule has 1 aliphatic rings. The zero-order valence-electron chi connectivity index (χ0n) is 13.1. The van der Waals surface area contributed by atoms with Gasteiger partial charge in [0.1, 0.15) is 0 Å². The summed E-state index contributed by atoms with van der Waals surface area (Å²) in [7, 11) is 0. The quantitative estimate of drug-likeness (QED) is 0.641. The highest BCUT2D eigenvalue weighted by molar-refractivity contribution is 5.98. The van der Waals surface area contributed by atoms with Crippen LogP contribution in [-0.2, 0) is 9.59 Å². The predicted octanol–water partition coefficient (Wildman–Crippen LogP) is 0.925. The highest BCUT2D eigenvalue weighted by Gasteiger charge is 2.37. The van der Waals surface area contributed by atoms with Crippen LogP contribution >= 0.6 is 0 Å². The average molecular weight is 344 g/mol. The molecular weight excluding hydrogens is 326 g/mol. The highest BCUT2D eigenvalue weighted by atomic mass is 19.3. The molecule has 1 atom stereocenters. The summed E-state index contributed by atoms with van der Waals surface area (Å²) in [6.45, 7) is 1.64. The van der Waals surface area contributed by atoms with E-state index in [0.717, 1.165) is 12.8 Å². The number of primary amides is 1. The number of nitrogens with two attached hydrogens (primary N) is 1. The van der Waals surface area contributed by atoms with Crippen molar-refractivity contribution in [3.63, 3.8) is 0 Å². The molecule has 2 rings (SSSR count). The van der Waals surface area contributed by atoms with Crippen LogP contribution in [0.15, 0.2) is 4.42 Å². The minimum Gasteiger partial charge on any atom is -0.418 e. The lowest BCUT2D eigenvalue weighted by Crippen LogP contribution is -2.42. The molecule has 0 saturated heterocycles. The standard InChI is InChI=1S/C14H18F2N4O4/c1-2-8(18-9(21)5-6-14(15,16)13(17)23)10(22)12-20-19-11(24-12)7-3-4-7/h7-8H,2-6H2,1H3,(H2,17,23)(H,18,21)/t8-/m0/s1. The molecule has 0 unspecified atom stereocenters. The van der Waals surface area contributed by atoms with Crippen LogP contribution in [-0.4, -0.2) is 39.8 Å². The molecule has 24 heavy (non-hydrogen) atoms. The van der Waals surface area contributed by atoms with E-state index in [0.29, 0.717) is 5.89 Å². The first-order chi connectivity index (χ1) is 11.2. The van der Waals surface area contributed by atoms with Gasteiger partial charge in [0, 0.05) is 18.8 Å². The molecule has 8 nitrogen and oxygen atoms in total. The number of nitrogens with zero attached hydrogens (tertiary/aromatic N) is 2. The van der Waals surface area contributed by atoms with E-state index in [2.05, 4.69) is 21.2 Å². The molecule has 1 aliphatic carbocycles. The zero-order valence-corrected chi connectivity index (χ0v) is 13.1. The van der Waals surface area contributed by atoms with E-state index in [-0.39, 0.29) is 18.2 Å². The van der Waals surface area contributed by atoms with E-state index >= 15 is 0 Å². The van der Waals surface area contributed by atoms with Crippen LogP contribution in [0.25, 0.3) is 0 Å². The summed E-state index contributed by atoms with van der Waals surface area (Å²) in [4.78, 5) is 34.5. The van der Waals surface area contributed by atoms with Crippen LogP contribution in [0.2, 0.25) is 0 Å². The molecule has 0 aromatic carbocycles. The monoisotopic (exact) mass is 344 g/mol. The Balaban J connectivity index is 1.91. The normalized spacial score (nSPS) is 15.8. The van der Waals surface area contributed by atoms with Crippen LogP contribution in [0.1, 0.15) is 61.5 Å². The Hall–Kier alpha value is -2.39. The molecule has 1 heterocycles. The van der Waals surface area contributed by atoms with Crippen LogP contribution in [0.4, 0.5) is 8.78 Å². The number of carbonyl (C=O) groups is 3. The van der Waals surface area contributed by atoms with Gasteiger partial charge in [-0.25, -0.2) is 0 Å². The predicted molar refractivity (Wildman–Crippen MR) is 76.2 cm³/mol. The number of alkyl halides is 2. The molecule has 0 radical (unpaired) electrons. The van der Waals surface area contributed by atoms with Gasteiger partial charge in [-0.15, -0.1) is 10.2 Å². The fraction of sp³-hybridized carbons (Fsp3) is 0.643. The smallest absolute Gasteiger partial charge is 0.324 e. The van der Waals surface area contributed by atoms with Gasteiger partial charge in [0.15, 0.2) is 0 Å². The number of hydrogen-bond acceptors (Lipinski definition) is 6. The number of Topliss-reactive ketones (excluding diaryl/α,β-unsaturated/α-hetero) is 1. The summed E-state index contributed by atoms with van der Waals surface area (Å²) < 4.78 is 31.4. The Morgan fingerprint density at radius 2 is 2.04 bits per heavy atom. The number of hydrogen-bond donors (Lipinski definition) is 2. The number of amides is 2. The van der Waals surface area contributed by atoms with Gasteiger partial charge in [-0.3, -0.25) is 14.4 Å². The second-order valence-electron chi connectivity index (χ2n) is 5.68. The van der Waals surface area contributed by atoms with Crippen LogP contribution < -0.4 is 11.1 Å². The number of carbonyl (C=O) groups excluding carboxylic acids is 3. The highest BCUT2D eigenvalue weighted by Crippen LogP contribution is 2.39. The third-order valence-corrected chi connectivity index (χ3v) is 3.66. The topological polar surface area (TPSA) is 128 Å². The molecular formula is C14H18F2N4O4. The minimum atomic E-state index is -3.77. The third-order valence-electron chi connectivity index (χ3n) is 3.66. The van der Waals surface area contributed by atoms with Crippen molar-refractivity contribution in [3.05, 3.63) is 11.8 Å². The van der Waals surface area contributed by atoms with Gasteiger partial charge in [-0.05, 0) is 19.3 Å². The Kier molecular flexibility index (Phi) is 5.25. The van der Waals surface area contributed by atoms with Crippen molar-refractivity contribution >= 4 is 17.6 Å². The SMILES string of the molecule is CC[C@H](NC(=O)CCC(F)(F)C(N)=O)C(=O)c1nnc(C2CC2)o1. The van der Waals surface area contributed by atoms with Gasteiger partial charge in [0.25, 0.3) is 11.8 Å². The Morgan fingerprint density at radius 1 is 1.38 bits per heavy atom. The second kappa shape index (κ2) is 7.02. The first-order valence-electron chi connectivity index (χ1n) is 7.59. The van der Waals surface area contributed by atoms with E-state index in [9.17, 15) is 23.2 Å². The van der Waals surface area contributed by atoms with Crippen molar-refractivity contribution in [1.82, 2.24) is 15.5 Å². The van der Waals surface area contributed by atoms with Crippen molar-refractivity contribution < 1.29 is 27.6 Å². The number of aromatic nitrogens is 2. The third kappa shape index (κ3) is 4.33. The van der Waals surface area contributed by atoms with E-state index in [1.807, 2.05) is 0 Å². The summed E-state index contributed by atoms with van der Waals surface area (Å²) in [5, 5.41) is 9.77. The zero-order chi connectivity index (χ0) is 17.9. The van der Waals surface area contributed by atoms with Crippen molar-refractivity contribution in [2.24, 2.45) is 5.73 Å². The Labute approximate surface area is 136 Å². The van der Waals surface area contributed by atoms with Gasteiger partial charge >= 0.3 is 5.92 Å². The molecule has 10 heteroatoms. The van der Waals surface area contributed by atoms with Crippen molar-refractivity contribution in [2.45, 2.75) is 56.9 Å². The van der Waals surface area contributed by atoms with Crippen LogP contribution in [0.5, 0.6) is 0 Å². The summed E-state index contributed by atoms with van der Waals surface area (Å²) in [6.07, 6.45) is 0.412. The van der Waals surface area contributed by atoms with E-state index in [1.54, 1.807) is 6.92 Å². The maximum Gasteiger partial charge on any atom is 0.324 e. The van der Waals surface area contributed by atoms with Gasteiger partial charge in [-0.1, -0.05) is 6.92 Å². The number of halogens is 2. The fourth-order valence-electron chi connectivity index (χ4n) is 1.99. The molecule has 0 spiro atoms. The molecule has 3 N–H and O–H groups in total. The van der Waals surface area contributed by atoms with E-state index in [1.165, 1.54) is 0 Å². The molecule has 132 valence electrons. The molecule has 2 amide bonds. The van der Waals surface area contributed by atoms with Gasteiger partial charge in [0.2, 0.25) is 17.6 Å². The number of rotatable bonds is 9. The maximum atomic E-state index is 13.1. The summed E-state index contributed by atoms with van der Waals surface area (Å²) in [6, 6.07) is -0.966. The summed E-state index contributed by atoms with van der Waals surface area (Å²) >= 11 is 0. The average Bonchev–Trinajstić information content (AvgIpc) is 3.27. The Bertz CT molecular complexity index is 642.